The van der Waals surface area contributed by atoms with Crippen LogP contribution in [0.5, 0.6) is 0 Å². The third-order valence-electron chi connectivity index (χ3n) is 9.47. The summed E-state index contributed by atoms with van der Waals surface area (Å²) < 4.78 is 4.82. The molecule has 3 heterocycles. The first-order valence-electron chi connectivity index (χ1n) is 16.7. The standard InChI is InChI=1S/C45H28N4S/c1-3-11-30(12-4-1)43-46-44(31-13-5-2-6-14-31)48-45(47-43)33-22-26-38-37-25-21-32(27-41(37)50-42(38)28-33)29-19-23-34(24-20-29)49-39-17-9-7-15-35(39)36-16-8-10-18-40(36)49/h1-28H. The van der Waals surface area contributed by atoms with E-state index in [4.69, 9.17) is 15.0 Å². The van der Waals surface area contributed by atoms with Crippen LogP contribution in [0, 0.1) is 0 Å². The van der Waals surface area contributed by atoms with Crippen LogP contribution in [-0.4, -0.2) is 19.5 Å². The molecule has 0 atom stereocenters. The Morgan fingerprint density at radius 2 is 0.780 bits per heavy atom. The SMILES string of the molecule is c1ccc(-c2nc(-c3ccccc3)nc(-c3ccc4c(c3)sc3cc(-c5ccc(-n6c7ccccc7c7ccccc76)cc5)ccc34)n2)cc1. The van der Waals surface area contributed by atoms with Crippen molar-refractivity contribution in [1.29, 1.82) is 0 Å². The predicted molar refractivity (Wildman–Crippen MR) is 209 cm³/mol. The Bertz CT molecular complexity index is 2740. The molecular formula is C45H28N4S. The van der Waals surface area contributed by atoms with E-state index in [2.05, 4.69) is 114 Å². The molecule has 3 aromatic heterocycles. The van der Waals surface area contributed by atoms with E-state index in [9.17, 15) is 0 Å². The molecule has 0 amide bonds. The van der Waals surface area contributed by atoms with E-state index in [0.29, 0.717) is 17.5 Å². The zero-order valence-electron chi connectivity index (χ0n) is 26.9. The second-order valence-corrected chi connectivity index (χ2v) is 13.6. The van der Waals surface area contributed by atoms with Gasteiger partial charge in [0.15, 0.2) is 17.5 Å². The smallest absolute Gasteiger partial charge is 0.164 e. The maximum absolute atomic E-state index is 4.95. The Labute approximate surface area is 292 Å². The van der Waals surface area contributed by atoms with Crippen LogP contribution in [0.4, 0.5) is 0 Å². The van der Waals surface area contributed by atoms with E-state index >= 15 is 0 Å². The Morgan fingerprint density at radius 3 is 1.34 bits per heavy atom. The van der Waals surface area contributed by atoms with Gasteiger partial charge in [-0.15, -0.1) is 11.3 Å². The van der Waals surface area contributed by atoms with Gasteiger partial charge < -0.3 is 4.57 Å². The average Bonchev–Trinajstić information content (AvgIpc) is 3.73. The van der Waals surface area contributed by atoms with Gasteiger partial charge in [0.05, 0.1) is 11.0 Å². The van der Waals surface area contributed by atoms with Gasteiger partial charge in [0.25, 0.3) is 0 Å². The van der Waals surface area contributed by atoms with Gasteiger partial charge in [-0.1, -0.05) is 133 Å². The fourth-order valence-corrected chi connectivity index (χ4v) is 8.22. The molecule has 234 valence electrons. The zero-order chi connectivity index (χ0) is 33.0. The molecule has 10 rings (SSSR count). The lowest BCUT2D eigenvalue weighted by atomic mass is 10.0. The number of hydrogen-bond donors (Lipinski definition) is 0. The van der Waals surface area contributed by atoms with Gasteiger partial charge in [-0.2, -0.15) is 0 Å². The van der Waals surface area contributed by atoms with Gasteiger partial charge in [-0.25, -0.2) is 15.0 Å². The van der Waals surface area contributed by atoms with E-state index < -0.39 is 0 Å². The molecule has 5 heteroatoms. The number of aromatic nitrogens is 4. The van der Waals surface area contributed by atoms with E-state index in [1.54, 1.807) is 0 Å². The van der Waals surface area contributed by atoms with Gasteiger partial charge in [0.1, 0.15) is 0 Å². The highest BCUT2D eigenvalue weighted by molar-refractivity contribution is 7.25. The molecule has 0 saturated carbocycles. The normalized spacial score (nSPS) is 11.6. The number of hydrogen-bond acceptors (Lipinski definition) is 4. The van der Waals surface area contributed by atoms with Crippen molar-refractivity contribution in [3.8, 4) is 51.0 Å². The quantitative estimate of drug-likeness (QED) is 0.185. The summed E-state index contributed by atoms with van der Waals surface area (Å²) in [7, 11) is 0. The molecular weight excluding hydrogens is 629 g/mol. The third kappa shape index (κ3) is 4.79. The van der Waals surface area contributed by atoms with E-state index in [0.717, 1.165) is 22.4 Å². The van der Waals surface area contributed by atoms with Crippen LogP contribution in [-0.2, 0) is 0 Å². The Hall–Kier alpha value is -6.43. The Morgan fingerprint density at radius 1 is 0.340 bits per heavy atom. The van der Waals surface area contributed by atoms with Crippen LogP contribution in [0.15, 0.2) is 170 Å². The molecule has 4 nitrogen and oxygen atoms in total. The van der Waals surface area contributed by atoms with Crippen LogP contribution >= 0.6 is 11.3 Å². The molecule has 0 unspecified atom stereocenters. The molecule has 0 radical (unpaired) electrons. The predicted octanol–water partition coefficient (Wildman–Crippen LogP) is 12.0. The largest absolute Gasteiger partial charge is 0.309 e. The summed E-state index contributed by atoms with van der Waals surface area (Å²) in [5, 5.41) is 5.04. The van der Waals surface area contributed by atoms with Gasteiger partial charge in [0, 0.05) is 53.3 Å². The van der Waals surface area contributed by atoms with Crippen molar-refractivity contribution in [2.75, 3.05) is 0 Å². The minimum atomic E-state index is 0.666. The first kappa shape index (κ1) is 28.6. The molecule has 0 aliphatic rings. The monoisotopic (exact) mass is 656 g/mol. The van der Waals surface area contributed by atoms with Crippen LogP contribution < -0.4 is 0 Å². The van der Waals surface area contributed by atoms with E-state index in [1.807, 2.05) is 72.0 Å². The van der Waals surface area contributed by atoms with Gasteiger partial charge in [-0.3, -0.25) is 0 Å². The number of nitrogens with zero attached hydrogens (tertiary/aromatic N) is 4. The Kier molecular flexibility index (Phi) is 6.64. The highest BCUT2D eigenvalue weighted by Gasteiger charge is 2.15. The molecule has 0 fully saturated rings. The fraction of sp³-hybridized carbons (Fsp3) is 0. The zero-order valence-corrected chi connectivity index (χ0v) is 27.7. The number of benzene rings is 7. The topological polar surface area (TPSA) is 43.6 Å². The summed E-state index contributed by atoms with van der Waals surface area (Å²) in [6.45, 7) is 0. The summed E-state index contributed by atoms with van der Waals surface area (Å²) in [4.78, 5) is 14.8. The van der Waals surface area contributed by atoms with Crippen molar-refractivity contribution in [3.05, 3.63) is 170 Å². The van der Waals surface area contributed by atoms with E-state index in [1.165, 1.54) is 53.1 Å². The van der Waals surface area contributed by atoms with Crippen molar-refractivity contribution in [1.82, 2.24) is 19.5 Å². The molecule has 0 N–H and O–H groups in total. The van der Waals surface area contributed by atoms with Crippen molar-refractivity contribution >= 4 is 53.3 Å². The molecule has 0 aliphatic heterocycles. The molecule has 0 aliphatic carbocycles. The molecule has 50 heavy (non-hydrogen) atoms. The molecule has 10 aromatic rings. The second kappa shape index (κ2) is 11.6. The number of rotatable bonds is 5. The number of fused-ring (bicyclic) bond motifs is 6. The first-order valence-corrected chi connectivity index (χ1v) is 17.5. The van der Waals surface area contributed by atoms with Gasteiger partial charge >= 0.3 is 0 Å². The molecule has 0 bridgehead atoms. The van der Waals surface area contributed by atoms with Crippen LogP contribution in [0.1, 0.15) is 0 Å². The van der Waals surface area contributed by atoms with Gasteiger partial charge in [-0.05, 0) is 47.5 Å². The summed E-state index contributed by atoms with van der Waals surface area (Å²) in [5.41, 5.74) is 8.90. The number of thiophene rings is 1. The molecule has 0 saturated heterocycles. The van der Waals surface area contributed by atoms with Crippen molar-refractivity contribution in [2.45, 2.75) is 0 Å². The summed E-state index contributed by atoms with van der Waals surface area (Å²) in [6.07, 6.45) is 0. The van der Waals surface area contributed by atoms with Crippen LogP contribution in [0.2, 0.25) is 0 Å². The minimum Gasteiger partial charge on any atom is -0.309 e. The minimum absolute atomic E-state index is 0.666. The molecule has 0 spiro atoms. The van der Waals surface area contributed by atoms with Crippen LogP contribution in [0.3, 0.4) is 0 Å². The molecule has 7 aromatic carbocycles. The lowest BCUT2D eigenvalue weighted by Crippen LogP contribution is -1.99. The average molecular weight is 657 g/mol. The maximum atomic E-state index is 4.95. The van der Waals surface area contributed by atoms with E-state index in [-0.39, 0.29) is 0 Å². The summed E-state index contributed by atoms with van der Waals surface area (Å²) in [5.74, 6) is 2.00. The highest BCUT2D eigenvalue weighted by atomic mass is 32.1. The number of para-hydroxylation sites is 2. The third-order valence-corrected chi connectivity index (χ3v) is 10.6. The van der Waals surface area contributed by atoms with Crippen molar-refractivity contribution < 1.29 is 0 Å². The van der Waals surface area contributed by atoms with Crippen molar-refractivity contribution in [3.63, 3.8) is 0 Å². The van der Waals surface area contributed by atoms with Gasteiger partial charge in [0.2, 0.25) is 0 Å². The highest BCUT2D eigenvalue weighted by Crippen LogP contribution is 2.39. The summed E-state index contributed by atoms with van der Waals surface area (Å²) in [6, 6.07) is 59.8. The fourth-order valence-electron chi connectivity index (χ4n) is 7.04. The lowest BCUT2D eigenvalue weighted by molar-refractivity contribution is 1.07. The maximum Gasteiger partial charge on any atom is 0.164 e. The second-order valence-electron chi connectivity index (χ2n) is 12.5. The first-order chi connectivity index (χ1) is 24.8. The Balaban J connectivity index is 1.03. The lowest BCUT2D eigenvalue weighted by Gasteiger charge is -2.09. The summed E-state index contributed by atoms with van der Waals surface area (Å²) >= 11 is 1.81. The van der Waals surface area contributed by atoms with Crippen LogP contribution in [0.25, 0.3) is 93.0 Å². The van der Waals surface area contributed by atoms with Crippen molar-refractivity contribution in [2.24, 2.45) is 0 Å².